The van der Waals surface area contributed by atoms with Crippen LogP contribution in [0.1, 0.15) is 5.56 Å². The van der Waals surface area contributed by atoms with Crippen molar-refractivity contribution < 1.29 is 14.3 Å². The Hall–Kier alpha value is -1.78. The van der Waals surface area contributed by atoms with Crippen molar-refractivity contribution in [3.8, 4) is 0 Å². The van der Waals surface area contributed by atoms with Crippen molar-refractivity contribution in [2.45, 2.75) is 6.92 Å². The zero-order chi connectivity index (χ0) is 12.4. The van der Waals surface area contributed by atoms with E-state index in [1.807, 2.05) is 0 Å². The number of carbonyl (C=O) groups is 1. The van der Waals surface area contributed by atoms with E-state index in [9.17, 15) is 9.18 Å². The molecule has 17 heavy (non-hydrogen) atoms. The van der Waals surface area contributed by atoms with Gasteiger partial charge < -0.3 is 14.9 Å². The van der Waals surface area contributed by atoms with Gasteiger partial charge >= 0.3 is 6.09 Å². The van der Waals surface area contributed by atoms with Gasteiger partial charge in [0.2, 0.25) is 0 Å². The quantitative estimate of drug-likeness (QED) is 0.813. The monoisotopic (exact) mass is 238 g/mol. The molecular weight excluding hydrogens is 223 g/mol. The normalized spacial score (nSPS) is 16.1. The van der Waals surface area contributed by atoms with Crippen LogP contribution in [-0.2, 0) is 0 Å². The van der Waals surface area contributed by atoms with E-state index in [4.69, 9.17) is 5.11 Å². The Bertz CT molecular complexity index is 429. The average molecular weight is 238 g/mol. The van der Waals surface area contributed by atoms with Crippen molar-refractivity contribution in [2.75, 3.05) is 31.1 Å². The van der Waals surface area contributed by atoms with E-state index in [-0.39, 0.29) is 5.82 Å². The highest BCUT2D eigenvalue weighted by atomic mass is 19.1. The van der Waals surface area contributed by atoms with Crippen LogP contribution < -0.4 is 4.90 Å². The van der Waals surface area contributed by atoms with Gasteiger partial charge in [0.25, 0.3) is 0 Å². The lowest BCUT2D eigenvalue weighted by Gasteiger charge is -2.34. The van der Waals surface area contributed by atoms with Crippen LogP contribution in [0.4, 0.5) is 14.9 Å². The number of carboxylic acid groups (broad SMARTS) is 1. The highest BCUT2D eigenvalue weighted by Crippen LogP contribution is 2.19. The molecule has 92 valence electrons. The van der Waals surface area contributed by atoms with E-state index in [0.717, 1.165) is 5.69 Å². The minimum Gasteiger partial charge on any atom is -0.465 e. The summed E-state index contributed by atoms with van der Waals surface area (Å²) in [4.78, 5) is 14.2. The molecule has 2 rings (SSSR count). The van der Waals surface area contributed by atoms with Gasteiger partial charge in [-0.15, -0.1) is 0 Å². The first kappa shape index (κ1) is 11.7. The van der Waals surface area contributed by atoms with Gasteiger partial charge in [0, 0.05) is 31.9 Å². The van der Waals surface area contributed by atoms with Gasteiger partial charge in [0.05, 0.1) is 0 Å². The Labute approximate surface area is 99.3 Å². The smallest absolute Gasteiger partial charge is 0.407 e. The summed E-state index contributed by atoms with van der Waals surface area (Å²) in [5.41, 5.74) is 1.57. The van der Waals surface area contributed by atoms with Gasteiger partial charge in [-0.1, -0.05) is 0 Å². The van der Waals surface area contributed by atoms with E-state index in [0.29, 0.717) is 31.7 Å². The van der Waals surface area contributed by atoms with E-state index in [1.54, 1.807) is 19.1 Å². The third kappa shape index (κ3) is 2.49. The predicted molar refractivity (Wildman–Crippen MR) is 62.9 cm³/mol. The summed E-state index contributed by atoms with van der Waals surface area (Å²) in [6.45, 7) is 4.01. The summed E-state index contributed by atoms with van der Waals surface area (Å²) < 4.78 is 13.1. The van der Waals surface area contributed by atoms with Gasteiger partial charge in [0.1, 0.15) is 5.82 Å². The van der Waals surface area contributed by atoms with Crippen LogP contribution in [0, 0.1) is 12.7 Å². The largest absolute Gasteiger partial charge is 0.465 e. The predicted octanol–water partition coefficient (Wildman–Crippen LogP) is 1.93. The third-order valence-corrected chi connectivity index (χ3v) is 3.06. The lowest BCUT2D eigenvalue weighted by Crippen LogP contribution is -2.48. The molecule has 0 bridgehead atoms. The van der Waals surface area contributed by atoms with Crippen LogP contribution in [-0.4, -0.2) is 42.3 Å². The number of amides is 1. The average Bonchev–Trinajstić information content (AvgIpc) is 2.33. The summed E-state index contributed by atoms with van der Waals surface area (Å²) in [5.74, 6) is -0.210. The molecule has 1 amide bonds. The fourth-order valence-electron chi connectivity index (χ4n) is 1.98. The Morgan fingerprint density at radius 1 is 1.29 bits per heavy atom. The molecule has 1 aromatic carbocycles. The number of aryl methyl sites for hydroxylation is 1. The Morgan fingerprint density at radius 2 is 1.94 bits per heavy atom. The first-order chi connectivity index (χ1) is 8.08. The molecule has 1 fully saturated rings. The van der Waals surface area contributed by atoms with Crippen LogP contribution in [0.3, 0.4) is 0 Å². The lowest BCUT2D eigenvalue weighted by atomic mass is 10.2. The maximum absolute atomic E-state index is 13.1. The van der Waals surface area contributed by atoms with Crippen molar-refractivity contribution in [2.24, 2.45) is 0 Å². The molecular formula is C12H15FN2O2. The van der Waals surface area contributed by atoms with Crippen LogP contribution in [0.2, 0.25) is 0 Å². The Morgan fingerprint density at radius 3 is 2.47 bits per heavy atom. The highest BCUT2D eigenvalue weighted by Gasteiger charge is 2.20. The molecule has 1 aliphatic rings. The summed E-state index contributed by atoms with van der Waals surface area (Å²) >= 11 is 0. The van der Waals surface area contributed by atoms with Crippen molar-refractivity contribution in [3.05, 3.63) is 29.6 Å². The number of hydrogen-bond donors (Lipinski definition) is 1. The molecule has 1 heterocycles. The number of halogens is 1. The van der Waals surface area contributed by atoms with Gasteiger partial charge in [-0.05, 0) is 30.7 Å². The summed E-state index contributed by atoms with van der Waals surface area (Å²) in [5, 5.41) is 8.83. The van der Waals surface area contributed by atoms with Gasteiger partial charge in [-0.2, -0.15) is 0 Å². The van der Waals surface area contributed by atoms with Crippen molar-refractivity contribution in [1.82, 2.24) is 4.90 Å². The molecule has 0 radical (unpaired) electrons. The van der Waals surface area contributed by atoms with Gasteiger partial charge in [-0.3, -0.25) is 0 Å². The second-order valence-corrected chi connectivity index (χ2v) is 4.19. The number of piperazine rings is 1. The molecule has 1 saturated heterocycles. The van der Waals surface area contributed by atoms with E-state index < -0.39 is 6.09 Å². The van der Waals surface area contributed by atoms with Gasteiger partial charge in [0.15, 0.2) is 0 Å². The molecule has 0 spiro atoms. The third-order valence-electron chi connectivity index (χ3n) is 3.06. The molecule has 1 N–H and O–H groups in total. The minimum absolute atomic E-state index is 0.210. The zero-order valence-electron chi connectivity index (χ0n) is 9.69. The Kier molecular flexibility index (Phi) is 3.17. The maximum Gasteiger partial charge on any atom is 0.407 e. The van der Waals surface area contributed by atoms with Crippen LogP contribution in [0.5, 0.6) is 0 Å². The maximum atomic E-state index is 13.1. The lowest BCUT2D eigenvalue weighted by molar-refractivity contribution is 0.142. The fourth-order valence-corrected chi connectivity index (χ4v) is 1.98. The Balaban J connectivity index is 2.05. The van der Waals surface area contributed by atoms with E-state index in [1.165, 1.54) is 11.0 Å². The zero-order valence-corrected chi connectivity index (χ0v) is 9.69. The molecule has 5 heteroatoms. The van der Waals surface area contributed by atoms with Crippen LogP contribution in [0.15, 0.2) is 18.2 Å². The summed E-state index contributed by atoms with van der Waals surface area (Å²) in [6, 6.07) is 4.98. The molecule has 0 aliphatic carbocycles. The molecule has 1 aliphatic heterocycles. The van der Waals surface area contributed by atoms with Crippen LogP contribution in [0.25, 0.3) is 0 Å². The first-order valence-corrected chi connectivity index (χ1v) is 5.57. The highest BCUT2D eigenvalue weighted by molar-refractivity contribution is 5.65. The van der Waals surface area contributed by atoms with E-state index in [2.05, 4.69) is 4.90 Å². The fraction of sp³-hybridized carbons (Fsp3) is 0.417. The second kappa shape index (κ2) is 4.61. The topological polar surface area (TPSA) is 43.8 Å². The number of rotatable bonds is 1. The number of hydrogen-bond acceptors (Lipinski definition) is 2. The number of benzene rings is 1. The summed E-state index contributed by atoms with van der Waals surface area (Å²) in [7, 11) is 0. The molecule has 0 atom stereocenters. The standard InChI is InChI=1S/C12H15FN2O2/c1-9-8-10(2-3-11(9)13)14-4-6-15(7-5-14)12(16)17/h2-3,8H,4-7H2,1H3,(H,16,17). The van der Waals surface area contributed by atoms with Crippen LogP contribution >= 0.6 is 0 Å². The van der Waals surface area contributed by atoms with E-state index >= 15 is 0 Å². The molecule has 4 nitrogen and oxygen atoms in total. The molecule has 0 unspecified atom stereocenters. The van der Waals surface area contributed by atoms with Crippen molar-refractivity contribution in [3.63, 3.8) is 0 Å². The second-order valence-electron chi connectivity index (χ2n) is 4.19. The first-order valence-electron chi connectivity index (χ1n) is 5.57. The SMILES string of the molecule is Cc1cc(N2CCN(C(=O)O)CC2)ccc1F. The summed E-state index contributed by atoms with van der Waals surface area (Å²) in [6.07, 6.45) is -0.875. The minimum atomic E-state index is -0.875. The van der Waals surface area contributed by atoms with Gasteiger partial charge in [-0.25, -0.2) is 9.18 Å². The number of anilines is 1. The molecule has 1 aromatic rings. The van der Waals surface area contributed by atoms with Crippen molar-refractivity contribution in [1.29, 1.82) is 0 Å². The molecule has 0 aromatic heterocycles. The number of nitrogens with zero attached hydrogens (tertiary/aromatic N) is 2. The van der Waals surface area contributed by atoms with Crippen molar-refractivity contribution >= 4 is 11.8 Å². The molecule has 0 saturated carbocycles.